The number of rotatable bonds is 3. The number of aromatic nitrogens is 1. The van der Waals surface area contributed by atoms with Crippen LogP contribution in [0.3, 0.4) is 0 Å². The summed E-state index contributed by atoms with van der Waals surface area (Å²) in [6.45, 7) is 7.39. The quantitative estimate of drug-likeness (QED) is 0.599. The van der Waals surface area contributed by atoms with Crippen molar-refractivity contribution >= 4 is 12.2 Å². The maximum Gasteiger partial charge on any atom is 0.0623 e. The van der Waals surface area contributed by atoms with Gasteiger partial charge in [0.15, 0.2) is 0 Å². The highest BCUT2D eigenvalue weighted by Crippen LogP contribution is 2.23. The summed E-state index contributed by atoms with van der Waals surface area (Å²) in [7, 11) is 0. The monoisotopic (exact) mass is 285 g/mol. The van der Waals surface area contributed by atoms with Crippen LogP contribution in [0, 0.1) is 0 Å². The molecule has 22 heavy (non-hydrogen) atoms. The molecule has 1 nitrogen and oxygen atoms in total. The van der Waals surface area contributed by atoms with Crippen molar-refractivity contribution < 1.29 is 0 Å². The van der Waals surface area contributed by atoms with Crippen LogP contribution >= 0.6 is 0 Å². The van der Waals surface area contributed by atoms with Crippen LogP contribution in [-0.2, 0) is 0 Å². The number of hydrogen-bond acceptors (Lipinski definition) is 1. The predicted molar refractivity (Wildman–Crippen MR) is 96.3 cm³/mol. The van der Waals surface area contributed by atoms with Gasteiger partial charge in [0.2, 0.25) is 0 Å². The summed E-state index contributed by atoms with van der Waals surface area (Å²) in [5.41, 5.74) is 4.58. The Morgan fingerprint density at radius 2 is 1.36 bits per heavy atom. The molecule has 1 heteroatoms. The summed E-state index contributed by atoms with van der Waals surface area (Å²) >= 11 is 0. The molecular weight excluding hydrogens is 266 g/mol. The Bertz CT molecular complexity index is 715. The van der Waals surface area contributed by atoms with Gasteiger partial charge in [-0.3, -0.25) is 4.98 Å². The zero-order valence-corrected chi connectivity index (χ0v) is 12.5. The largest absolute Gasteiger partial charge is 0.257 e. The summed E-state index contributed by atoms with van der Waals surface area (Å²) in [4.78, 5) is 3.98. The zero-order chi connectivity index (χ0) is 15.6. The molecule has 0 spiro atoms. The zero-order valence-electron chi connectivity index (χ0n) is 12.5. The van der Waals surface area contributed by atoms with Crippen LogP contribution in [0.2, 0.25) is 0 Å². The third-order valence-corrected chi connectivity index (χ3v) is 3.16. The summed E-state index contributed by atoms with van der Waals surface area (Å²) in [5, 5.41) is 0. The molecule has 0 saturated carbocycles. The van der Waals surface area contributed by atoms with E-state index in [1.807, 2.05) is 36.4 Å². The second-order valence-electron chi connectivity index (χ2n) is 4.62. The molecule has 0 amide bonds. The minimum atomic E-state index is 0.924. The maximum absolute atomic E-state index is 3.98. The van der Waals surface area contributed by atoms with Gasteiger partial charge in [-0.05, 0) is 34.9 Å². The number of hydrogen-bond donors (Lipinski definition) is 0. The van der Waals surface area contributed by atoms with Crippen LogP contribution in [-0.4, -0.2) is 4.98 Å². The van der Waals surface area contributed by atoms with Crippen molar-refractivity contribution in [2.75, 3.05) is 0 Å². The first-order chi connectivity index (χ1) is 10.8. The molecule has 0 fully saturated rings. The number of benzene rings is 2. The van der Waals surface area contributed by atoms with Crippen molar-refractivity contribution in [3.05, 3.63) is 103 Å². The fraction of sp³-hybridized carbons (Fsp3) is 0. The van der Waals surface area contributed by atoms with E-state index in [4.69, 9.17) is 0 Å². The first-order valence-corrected chi connectivity index (χ1v) is 7.15. The van der Waals surface area contributed by atoms with Crippen LogP contribution < -0.4 is 0 Å². The molecule has 1 heterocycles. The van der Waals surface area contributed by atoms with E-state index in [1.165, 1.54) is 16.7 Å². The lowest BCUT2D eigenvalue weighted by Gasteiger charge is -2.04. The molecule has 0 atom stereocenters. The van der Waals surface area contributed by atoms with Gasteiger partial charge >= 0.3 is 0 Å². The summed E-state index contributed by atoms with van der Waals surface area (Å²) in [5.74, 6) is 0. The van der Waals surface area contributed by atoms with Crippen molar-refractivity contribution in [1.29, 1.82) is 0 Å². The van der Waals surface area contributed by atoms with Gasteiger partial charge in [-0.2, -0.15) is 0 Å². The molecule has 0 bridgehead atoms. The molecule has 0 saturated heterocycles. The minimum Gasteiger partial charge on any atom is -0.257 e. The lowest BCUT2D eigenvalue weighted by molar-refractivity contribution is 1.30. The fourth-order valence-corrected chi connectivity index (χ4v) is 2.05. The van der Waals surface area contributed by atoms with E-state index in [1.54, 1.807) is 12.3 Å². The van der Waals surface area contributed by atoms with E-state index in [2.05, 4.69) is 60.6 Å². The third kappa shape index (κ3) is 4.29. The molecule has 108 valence electrons. The van der Waals surface area contributed by atoms with E-state index >= 15 is 0 Å². The normalized spacial score (nSPS) is 9.27. The molecule has 0 N–H and O–H groups in total. The van der Waals surface area contributed by atoms with Crippen molar-refractivity contribution in [3.63, 3.8) is 0 Å². The Balaban J connectivity index is 0.000000188. The van der Waals surface area contributed by atoms with E-state index in [0.717, 1.165) is 5.69 Å². The molecule has 3 aromatic rings. The van der Waals surface area contributed by atoms with Crippen molar-refractivity contribution in [2.45, 2.75) is 0 Å². The fourth-order valence-electron chi connectivity index (χ4n) is 2.05. The highest BCUT2D eigenvalue weighted by molar-refractivity contribution is 5.74. The average molecular weight is 285 g/mol. The van der Waals surface area contributed by atoms with Gasteiger partial charge in [0.05, 0.1) is 5.69 Å². The molecule has 1 aromatic heterocycles. The van der Waals surface area contributed by atoms with Crippen LogP contribution in [0.4, 0.5) is 0 Å². The first-order valence-electron chi connectivity index (χ1n) is 7.15. The Morgan fingerprint density at radius 1 is 0.682 bits per heavy atom. The smallest absolute Gasteiger partial charge is 0.0623 e. The van der Waals surface area contributed by atoms with E-state index in [9.17, 15) is 0 Å². The average Bonchev–Trinajstić information content (AvgIpc) is 2.63. The number of nitrogens with zero attached hydrogens (tertiary/aromatic N) is 1. The summed E-state index contributed by atoms with van der Waals surface area (Å²) in [6, 6.07) is 24.4. The predicted octanol–water partition coefficient (Wildman–Crippen LogP) is 5.72. The van der Waals surface area contributed by atoms with E-state index in [-0.39, 0.29) is 0 Å². The Hall–Kier alpha value is -2.93. The van der Waals surface area contributed by atoms with Crippen molar-refractivity contribution in [3.8, 4) is 11.1 Å². The maximum atomic E-state index is 3.98. The van der Waals surface area contributed by atoms with E-state index < -0.39 is 0 Å². The van der Waals surface area contributed by atoms with E-state index in [0.29, 0.717) is 0 Å². The van der Waals surface area contributed by atoms with Gasteiger partial charge in [0.1, 0.15) is 0 Å². The Morgan fingerprint density at radius 3 is 1.95 bits per heavy atom. The molecule has 0 radical (unpaired) electrons. The molecule has 0 unspecified atom stereocenters. The standard InChI is InChI=1S/C14H12.C7H7N/c1-2-12-8-6-7-11-14(12)13-9-4-3-5-10-13;1-2-7-5-3-4-6-8-7/h2-11H,1H2;2-6H,1H2. The summed E-state index contributed by atoms with van der Waals surface area (Å²) < 4.78 is 0. The van der Waals surface area contributed by atoms with Gasteiger partial charge in [-0.15, -0.1) is 0 Å². The third-order valence-electron chi connectivity index (χ3n) is 3.16. The van der Waals surface area contributed by atoms with Gasteiger partial charge in [-0.1, -0.05) is 79.9 Å². The molecule has 3 rings (SSSR count). The molecule has 0 aliphatic rings. The number of pyridine rings is 1. The van der Waals surface area contributed by atoms with Crippen LogP contribution in [0.15, 0.2) is 92.2 Å². The Labute approximate surface area is 132 Å². The van der Waals surface area contributed by atoms with Crippen LogP contribution in [0.5, 0.6) is 0 Å². The van der Waals surface area contributed by atoms with Crippen LogP contribution in [0.25, 0.3) is 23.3 Å². The highest BCUT2D eigenvalue weighted by atomic mass is 14.6. The Kier molecular flexibility index (Phi) is 5.89. The highest BCUT2D eigenvalue weighted by Gasteiger charge is 1.99. The van der Waals surface area contributed by atoms with Crippen molar-refractivity contribution in [1.82, 2.24) is 4.98 Å². The SMILES string of the molecule is C=Cc1ccccc1-c1ccccc1.C=Cc1ccccn1. The first kappa shape index (κ1) is 15.5. The lowest BCUT2D eigenvalue weighted by Crippen LogP contribution is -1.81. The molecule has 0 aliphatic heterocycles. The second kappa shape index (κ2) is 8.38. The molecule has 2 aromatic carbocycles. The van der Waals surface area contributed by atoms with Gasteiger partial charge in [0.25, 0.3) is 0 Å². The molecule has 0 aliphatic carbocycles. The second-order valence-corrected chi connectivity index (χ2v) is 4.62. The summed E-state index contributed by atoms with van der Waals surface area (Å²) in [6.07, 6.45) is 5.36. The topological polar surface area (TPSA) is 12.9 Å². The van der Waals surface area contributed by atoms with Gasteiger partial charge < -0.3 is 0 Å². The van der Waals surface area contributed by atoms with Crippen LogP contribution in [0.1, 0.15) is 11.3 Å². The lowest BCUT2D eigenvalue weighted by atomic mass is 10.00. The molecular formula is C21H19N. The minimum absolute atomic E-state index is 0.924. The van der Waals surface area contributed by atoms with Gasteiger partial charge in [0, 0.05) is 6.20 Å². The van der Waals surface area contributed by atoms with Gasteiger partial charge in [-0.25, -0.2) is 0 Å². The van der Waals surface area contributed by atoms with Crippen molar-refractivity contribution in [2.24, 2.45) is 0 Å².